The van der Waals surface area contributed by atoms with Crippen LogP contribution in [0.5, 0.6) is 5.75 Å². The molecule has 0 aliphatic rings. The summed E-state index contributed by atoms with van der Waals surface area (Å²) < 4.78 is 6.83. The van der Waals surface area contributed by atoms with Gasteiger partial charge in [0.1, 0.15) is 11.3 Å². The van der Waals surface area contributed by atoms with E-state index in [1.54, 1.807) is 43.0 Å². The van der Waals surface area contributed by atoms with Crippen molar-refractivity contribution >= 4 is 23.0 Å². The predicted octanol–water partition coefficient (Wildman–Crippen LogP) is 2.31. The van der Waals surface area contributed by atoms with Crippen molar-refractivity contribution in [1.29, 1.82) is 0 Å². The standard InChI is InChI=1S/C19H17N3O3/c1-22-12-16(18(23)15-5-3-4-6-17(15)22)19(24)21-20-11-13-7-9-14(25-2)10-8-13/h3-12H,1-2H3,(H,21,24). The maximum atomic E-state index is 12.5. The zero-order valence-electron chi connectivity index (χ0n) is 13.9. The molecule has 0 saturated carbocycles. The van der Waals surface area contributed by atoms with Crippen LogP contribution in [0, 0.1) is 0 Å². The number of carbonyl (C=O) groups excluding carboxylic acids is 1. The Morgan fingerprint density at radius 3 is 2.60 bits per heavy atom. The van der Waals surface area contributed by atoms with Crippen LogP contribution in [-0.2, 0) is 7.05 Å². The normalized spacial score (nSPS) is 11.0. The highest BCUT2D eigenvalue weighted by molar-refractivity contribution is 5.97. The maximum Gasteiger partial charge on any atom is 0.276 e. The molecule has 0 spiro atoms. The van der Waals surface area contributed by atoms with E-state index in [0.717, 1.165) is 16.8 Å². The molecule has 0 aliphatic heterocycles. The first-order valence-electron chi connectivity index (χ1n) is 7.66. The lowest BCUT2D eigenvalue weighted by Crippen LogP contribution is -2.26. The summed E-state index contributed by atoms with van der Waals surface area (Å²) in [4.78, 5) is 24.8. The van der Waals surface area contributed by atoms with Gasteiger partial charge in [-0.1, -0.05) is 12.1 Å². The Bertz CT molecular complexity index is 1000. The highest BCUT2D eigenvalue weighted by Gasteiger charge is 2.13. The van der Waals surface area contributed by atoms with Crippen LogP contribution in [0.15, 0.2) is 64.6 Å². The summed E-state index contributed by atoms with van der Waals surface area (Å²) in [5, 5.41) is 4.41. The third kappa shape index (κ3) is 3.42. The van der Waals surface area contributed by atoms with Crippen molar-refractivity contribution < 1.29 is 9.53 Å². The molecule has 3 aromatic rings. The number of hydrogen-bond donors (Lipinski definition) is 1. The fraction of sp³-hybridized carbons (Fsp3) is 0.105. The molecule has 0 aliphatic carbocycles. The second kappa shape index (κ2) is 7.00. The highest BCUT2D eigenvalue weighted by Crippen LogP contribution is 2.11. The second-order valence-corrected chi connectivity index (χ2v) is 5.47. The Balaban J connectivity index is 1.81. The number of hydrazone groups is 1. The van der Waals surface area contributed by atoms with E-state index in [2.05, 4.69) is 10.5 Å². The van der Waals surface area contributed by atoms with E-state index in [9.17, 15) is 9.59 Å². The van der Waals surface area contributed by atoms with Crippen LogP contribution >= 0.6 is 0 Å². The summed E-state index contributed by atoms with van der Waals surface area (Å²) in [7, 11) is 3.38. The van der Waals surface area contributed by atoms with Crippen LogP contribution in [0.3, 0.4) is 0 Å². The first kappa shape index (κ1) is 16.4. The summed E-state index contributed by atoms with van der Waals surface area (Å²) >= 11 is 0. The van der Waals surface area contributed by atoms with Gasteiger partial charge in [0.15, 0.2) is 0 Å². The van der Waals surface area contributed by atoms with Crippen LogP contribution in [-0.4, -0.2) is 23.8 Å². The molecular formula is C19H17N3O3. The van der Waals surface area contributed by atoms with Crippen molar-refractivity contribution in [2.45, 2.75) is 0 Å². The highest BCUT2D eigenvalue weighted by atomic mass is 16.5. The number of carbonyl (C=O) groups is 1. The van der Waals surface area contributed by atoms with E-state index >= 15 is 0 Å². The third-order valence-corrected chi connectivity index (χ3v) is 3.84. The van der Waals surface area contributed by atoms with Gasteiger partial charge in [-0.3, -0.25) is 9.59 Å². The molecule has 0 atom stereocenters. The molecule has 0 saturated heterocycles. The first-order chi connectivity index (χ1) is 12.1. The van der Waals surface area contributed by atoms with Gasteiger partial charge in [0, 0.05) is 18.6 Å². The predicted molar refractivity (Wildman–Crippen MR) is 97.2 cm³/mol. The van der Waals surface area contributed by atoms with E-state index in [0.29, 0.717) is 5.39 Å². The first-order valence-corrected chi connectivity index (χ1v) is 7.66. The molecule has 3 rings (SSSR count). The smallest absolute Gasteiger partial charge is 0.276 e. The average molecular weight is 335 g/mol. The molecule has 0 bridgehead atoms. The number of rotatable bonds is 4. The zero-order chi connectivity index (χ0) is 17.8. The SMILES string of the molecule is COc1ccc(C=NNC(=O)c2cn(C)c3ccccc3c2=O)cc1. The topological polar surface area (TPSA) is 72.7 Å². The molecule has 2 aromatic carbocycles. The largest absolute Gasteiger partial charge is 0.497 e. The Labute approximate surface area is 144 Å². The summed E-state index contributed by atoms with van der Waals surface area (Å²) in [5.41, 5.74) is 3.70. The van der Waals surface area contributed by atoms with Crippen molar-refractivity contribution in [1.82, 2.24) is 9.99 Å². The summed E-state index contributed by atoms with van der Waals surface area (Å²) in [5.74, 6) is 0.192. The number of pyridine rings is 1. The number of ether oxygens (including phenoxy) is 1. The monoisotopic (exact) mass is 335 g/mol. The second-order valence-electron chi connectivity index (χ2n) is 5.47. The molecule has 0 radical (unpaired) electrons. The van der Waals surface area contributed by atoms with Crippen molar-refractivity contribution in [2.24, 2.45) is 12.1 Å². The number of aryl methyl sites for hydroxylation is 1. The number of aromatic nitrogens is 1. The van der Waals surface area contributed by atoms with E-state index in [-0.39, 0.29) is 11.0 Å². The lowest BCUT2D eigenvalue weighted by Gasteiger charge is -2.07. The van der Waals surface area contributed by atoms with Gasteiger partial charge < -0.3 is 9.30 Å². The summed E-state index contributed by atoms with van der Waals surface area (Å²) in [6.07, 6.45) is 3.02. The lowest BCUT2D eigenvalue weighted by molar-refractivity contribution is 0.0953. The number of fused-ring (bicyclic) bond motifs is 1. The molecule has 6 heteroatoms. The number of methoxy groups -OCH3 is 1. The van der Waals surface area contributed by atoms with Gasteiger partial charge in [0.25, 0.3) is 5.91 Å². The molecule has 1 aromatic heterocycles. The minimum absolute atomic E-state index is 0.0491. The molecule has 0 fully saturated rings. The summed E-state index contributed by atoms with van der Waals surface area (Å²) in [6.45, 7) is 0. The van der Waals surface area contributed by atoms with Crippen molar-refractivity contribution in [3.05, 3.63) is 76.1 Å². The molecule has 25 heavy (non-hydrogen) atoms. The molecule has 0 unspecified atom stereocenters. The average Bonchev–Trinajstić information content (AvgIpc) is 2.65. The van der Waals surface area contributed by atoms with Crippen LogP contribution < -0.4 is 15.6 Å². The quantitative estimate of drug-likeness (QED) is 0.587. The molecular weight excluding hydrogens is 318 g/mol. The Morgan fingerprint density at radius 1 is 1.16 bits per heavy atom. The van der Waals surface area contributed by atoms with Crippen molar-refractivity contribution in [3.8, 4) is 5.75 Å². The van der Waals surface area contributed by atoms with Gasteiger partial charge >= 0.3 is 0 Å². The van der Waals surface area contributed by atoms with Gasteiger partial charge in [-0.15, -0.1) is 0 Å². The fourth-order valence-corrected chi connectivity index (χ4v) is 2.52. The Kier molecular flexibility index (Phi) is 4.61. The van der Waals surface area contributed by atoms with Crippen LogP contribution in [0.25, 0.3) is 10.9 Å². The Hall–Kier alpha value is -3.41. The van der Waals surface area contributed by atoms with E-state index < -0.39 is 5.91 Å². The fourth-order valence-electron chi connectivity index (χ4n) is 2.52. The van der Waals surface area contributed by atoms with E-state index in [1.165, 1.54) is 12.4 Å². The molecule has 126 valence electrons. The van der Waals surface area contributed by atoms with Gasteiger partial charge in [-0.2, -0.15) is 5.10 Å². The maximum absolute atomic E-state index is 12.5. The summed E-state index contributed by atoms with van der Waals surface area (Å²) in [6, 6.07) is 14.4. The van der Waals surface area contributed by atoms with E-state index in [1.807, 2.05) is 24.3 Å². The van der Waals surface area contributed by atoms with Gasteiger partial charge in [0.2, 0.25) is 5.43 Å². The molecule has 6 nitrogen and oxygen atoms in total. The van der Waals surface area contributed by atoms with Crippen molar-refractivity contribution in [2.75, 3.05) is 7.11 Å². The van der Waals surface area contributed by atoms with Gasteiger partial charge in [-0.25, -0.2) is 5.43 Å². The number of hydrogen-bond acceptors (Lipinski definition) is 4. The number of amides is 1. The minimum atomic E-state index is -0.545. The lowest BCUT2D eigenvalue weighted by atomic mass is 10.1. The molecule has 1 heterocycles. The third-order valence-electron chi connectivity index (χ3n) is 3.84. The number of benzene rings is 2. The van der Waals surface area contributed by atoms with Gasteiger partial charge in [0.05, 0.1) is 18.8 Å². The van der Waals surface area contributed by atoms with Crippen LogP contribution in [0.1, 0.15) is 15.9 Å². The van der Waals surface area contributed by atoms with Gasteiger partial charge in [-0.05, 0) is 42.0 Å². The van der Waals surface area contributed by atoms with E-state index in [4.69, 9.17) is 4.74 Å². The molecule has 1 N–H and O–H groups in total. The van der Waals surface area contributed by atoms with Crippen LogP contribution in [0.2, 0.25) is 0 Å². The number of para-hydroxylation sites is 1. The van der Waals surface area contributed by atoms with Crippen LogP contribution in [0.4, 0.5) is 0 Å². The number of nitrogens with zero attached hydrogens (tertiary/aromatic N) is 2. The molecule has 1 amide bonds. The number of nitrogens with one attached hydrogen (secondary N) is 1. The van der Waals surface area contributed by atoms with Crippen molar-refractivity contribution in [3.63, 3.8) is 0 Å². The Morgan fingerprint density at radius 2 is 1.88 bits per heavy atom. The minimum Gasteiger partial charge on any atom is -0.497 e. The zero-order valence-corrected chi connectivity index (χ0v) is 13.9.